The molecule has 0 aliphatic heterocycles. The Balaban J connectivity index is 3.07. The first-order valence-electron chi connectivity index (χ1n) is 9.81. The van der Waals surface area contributed by atoms with E-state index in [9.17, 15) is 14.7 Å². The molecule has 1 fully saturated rings. The molecule has 1 aliphatic rings. The summed E-state index contributed by atoms with van der Waals surface area (Å²) in [6.45, 7) is 13.7. The quantitative estimate of drug-likeness (QED) is 0.288. The number of rotatable bonds is 6. The highest BCUT2D eigenvalue weighted by Crippen LogP contribution is 2.31. The Morgan fingerprint density at radius 2 is 1.86 bits per heavy atom. The number of carboxylic acid groups (broad SMARTS) is 1. The first-order valence-corrected chi connectivity index (χ1v) is 10.6. The number of carbonyl (C=O) groups excluding carboxylic acids is 1. The summed E-state index contributed by atoms with van der Waals surface area (Å²) < 4.78 is 0. The molecule has 0 aromatic heterocycles. The van der Waals surface area contributed by atoms with Crippen molar-refractivity contribution in [3.8, 4) is 11.8 Å². The van der Waals surface area contributed by atoms with Crippen LogP contribution < -0.4 is 5.43 Å². The van der Waals surface area contributed by atoms with E-state index in [1.807, 2.05) is 20.8 Å². The average Bonchev–Trinajstić information content (AvgIpc) is 2.81. The maximum Gasteiger partial charge on any atom is 0.344 e. The summed E-state index contributed by atoms with van der Waals surface area (Å²) in [5.74, 6) is 5.36. The molecule has 2 unspecified atom stereocenters. The van der Waals surface area contributed by atoms with E-state index in [0.29, 0.717) is 16.5 Å². The summed E-state index contributed by atoms with van der Waals surface area (Å²) in [6.07, 6.45) is 4.87. The van der Waals surface area contributed by atoms with Crippen molar-refractivity contribution in [3.05, 3.63) is 22.1 Å². The normalized spacial score (nSPS) is 20.9. The van der Waals surface area contributed by atoms with Crippen LogP contribution in [0.25, 0.3) is 0 Å². The number of carbonyl (C=O) groups is 2. The molecule has 1 aliphatic carbocycles. The monoisotopic (exact) mass is 406 g/mol. The van der Waals surface area contributed by atoms with Gasteiger partial charge in [-0.05, 0) is 52.9 Å². The van der Waals surface area contributed by atoms with Crippen LogP contribution in [0.1, 0.15) is 66.7 Å². The van der Waals surface area contributed by atoms with Gasteiger partial charge in [-0.15, -0.1) is 0 Å². The van der Waals surface area contributed by atoms with Gasteiger partial charge >= 0.3 is 5.97 Å². The number of thioether (sulfide) groups is 1. The predicted molar refractivity (Wildman–Crippen MR) is 116 cm³/mol. The zero-order valence-electron chi connectivity index (χ0n) is 18.0. The van der Waals surface area contributed by atoms with E-state index in [-0.39, 0.29) is 22.1 Å². The third-order valence-corrected chi connectivity index (χ3v) is 5.73. The predicted octanol–water partition coefficient (Wildman–Crippen LogP) is 4.78. The fourth-order valence-corrected chi connectivity index (χ4v) is 3.81. The molecule has 5 nitrogen and oxygen atoms in total. The maximum absolute atomic E-state index is 13.1. The first kappa shape index (κ1) is 24.3. The Morgan fingerprint density at radius 1 is 1.21 bits per heavy atom. The van der Waals surface area contributed by atoms with Gasteiger partial charge in [0, 0.05) is 18.4 Å². The lowest BCUT2D eigenvalue weighted by Crippen LogP contribution is -2.43. The Hall–Kier alpha value is -1.71. The van der Waals surface area contributed by atoms with Gasteiger partial charge in [-0.25, -0.2) is 15.2 Å². The fraction of sp³-hybridized carbons (Fsp3) is 0.636. The van der Waals surface area contributed by atoms with Crippen molar-refractivity contribution >= 4 is 23.6 Å². The number of nitrogens with one attached hydrogen (secondary N) is 1. The summed E-state index contributed by atoms with van der Waals surface area (Å²) >= 11 is 0.992. The highest BCUT2D eigenvalue weighted by atomic mass is 32.2. The van der Waals surface area contributed by atoms with Crippen molar-refractivity contribution in [2.45, 2.75) is 66.7 Å². The molecule has 1 saturated carbocycles. The molecule has 0 heterocycles. The highest BCUT2D eigenvalue weighted by Gasteiger charge is 2.29. The molecule has 0 aromatic carbocycles. The van der Waals surface area contributed by atoms with Gasteiger partial charge in [-0.2, -0.15) is 0 Å². The molecular weight excluding hydrogens is 372 g/mol. The standard InChI is InChI=1S/C22H34N2O3S/c1-15-9-8-10-18(12-11-15)20(25)24(23-7)17(3)19(21(26)27)28-16(2)13-14-22(4,5)6/h15,18,23H,2,8-12H2,1,3-7H3,(H,26,27)/b19-17+. The van der Waals surface area contributed by atoms with Crippen LogP contribution in [0.2, 0.25) is 0 Å². The number of hydrazine groups is 1. The molecule has 0 spiro atoms. The van der Waals surface area contributed by atoms with Crippen molar-refractivity contribution in [2.75, 3.05) is 7.05 Å². The lowest BCUT2D eigenvalue weighted by Gasteiger charge is -2.27. The smallest absolute Gasteiger partial charge is 0.344 e. The van der Waals surface area contributed by atoms with E-state index in [4.69, 9.17) is 0 Å². The van der Waals surface area contributed by atoms with Crippen LogP contribution in [-0.2, 0) is 9.59 Å². The lowest BCUT2D eigenvalue weighted by molar-refractivity contribution is -0.136. The number of hydrogen-bond acceptors (Lipinski definition) is 4. The topological polar surface area (TPSA) is 69.6 Å². The fourth-order valence-electron chi connectivity index (χ4n) is 3.14. The highest BCUT2D eigenvalue weighted by molar-refractivity contribution is 8.07. The van der Waals surface area contributed by atoms with E-state index in [2.05, 4.69) is 30.8 Å². The van der Waals surface area contributed by atoms with Gasteiger partial charge in [0.15, 0.2) is 0 Å². The third-order valence-electron chi connectivity index (χ3n) is 4.71. The molecule has 156 valence electrons. The zero-order valence-corrected chi connectivity index (χ0v) is 18.8. The minimum absolute atomic E-state index is 0.0536. The molecule has 2 N–H and O–H groups in total. The summed E-state index contributed by atoms with van der Waals surface area (Å²) in [4.78, 5) is 25.4. The first-order chi connectivity index (χ1) is 13.0. The van der Waals surface area contributed by atoms with Crippen molar-refractivity contribution < 1.29 is 14.7 Å². The SMILES string of the molecule is C=C(C#CC(C)(C)C)S/C(C(=O)O)=C(\C)N(NC)C(=O)C1CCCC(C)CC1. The van der Waals surface area contributed by atoms with Gasteiger partial charge < -0.3 is 5.11 Å². The Kier molecular flexibility index (Phi) is 9.32. The van der Waals surface area contributed by atoms with E-state index in [1.54, 1.807) is 14.0 Å². The van der Waals surface area contributed by atoms with Gasteiger partial charge in [-0.3, -0.25) is 4.79 Å². The second kappa shape index (κ2) is 10.7. The van der Waals surface area contributed by atoms with Gasteiger partial charge in [0.1, 0.15) is 4.91 Å². The number of amides is 1. The van der Waals surface area contributed by atoms with Crippen LogP contribution in [-0.4, -0.2) is 29.0 Å². The van der Waals surface area contributed by atoms with Crippen LogP contribution in [0.3, 0.4) is 0 Å². The van der Waals surface area contributed by atoms with Gasteiger partial charge in [-0.1, -0.05) is 49.9 Å². The summed E-state index contributed by atoms with van der Waals surface area (Å²) in [5, 5.41) is 11.1. The number of carboxylic acids is 1. The minimum atomic E-state index is -1.09. The Bertz CT molecular complexity index is 695. The van der Waals surface area contributed by atoms with E-state index < -0.39 is 5.97 Å². The average molecular weight is 407 g/mol. The zero-order chi connectivity index (χ0) is 21.5. The largest absolute Gasteiger partial charge is 0.477 e. The van der Waals surface area contributed by atoms with E-state index in [0.717, 1.165) is 43.9 Å². The Labute approximate surface area is 174 Å². The molecule has 2 atom stereocenters. The van der Waals surface area contributed by atoms with Crippen LogP contribution in [0, 0.1) is 29.1 Å². The lowest BCUT2D eigenvalue weighted by atomic mass is 9.98. The molecule has 0 saturated heterocycles. The summed E-state index contributed by atoms with van der Waals surface area (Å²) in [6, 6.07) is 0. The summed E-state index contributed by atoms with van der Waals surface area (Å²) in [7, 11) is 1.64. The molecule has 1 rings (SSSR count). The number of allylic oxidation sites excluding steroid dienone is 2. The summed E-state index contributed by atoms with van der Waals surface area (Å²) in [5.41, 5.74) is 3.04. The molecule has 1 amide bonds. The minimum Gasteiger partial charge on any atom is -0.477 e. The van der Waals surface area contributed by atoms with Gasteiger partial charge in [0.05, 0.1) is 10.6 Å². The van der Waals surface area contributed by atoms with Gasteiger partial charge in [0.2, 0.25) is 5.91 Å². The van der Waals surface area contributed by atoms with E-state index >= 15 is 0 Å². The molecular formula is C22H34N2O3S. The molecule has 28 heavy (non-hydrogen) atoms. The van der Waals surface area contributed by atoms with Crippen LogP contribution >= 0.6 is 11.8 Å². The Morgan fingerprint density at radius 3 is 2.39 bits per heavy atom. The number of hydrogen-bond donors (Lipinski definition) is 2. The molecule has 0 bridgehead atoms. The van der Waals surface area contributed by atoms with Crippen molar-refractivity contribution in [1.29, 1.82) is 0 Å². The van der Waals surface area contributed by atoms with Crippen LogP contribution in [0.4, 0.5) is 0 Å². The van der Waals surface area contributed by atoms with E-state index in [1.165, 1.54) is 5.01 Å². The molecule has 0 radical (unpaired) electrons. The van der Waals surface area contributed by atoms with Crippen molar-refractivity contribution in [3.63, 3.8) is 0 Å². The van der Waals surface area contributed by atoms with Crippen molar-refractivity contribution in [1.82, 2.24) is 10.4 Å². The molecule has 6 heteroatoms. The van der Waals surface area contributed by atoms with Crippen LogP contribution in [0.15, 0.2) is 22.1 Å². The van der Waals surface area contributed by atoms with Crippen molar-refractivity contribution in [2.24, 2.45) is 17.3 Å². The number of nitrogens with zero attached hydrogens (tertiary/aromatic N) is 1. The molecule has 0 aromatic rings. The number of aliphatic carboxylic acids is 1. The van der Waals surface area contributed by atoms with Gasteiger partial charge in [0.25, 0.3) is 0 Å². The maximum atomic E-state index is 13.1. The second-order valence-electron chi connectivity index (χ2n) is 8.45. The third kappa shape index (κ3) is 7.73. The van der Waals surface area contributed by atoms with Crippen LogP contribution in [0.5, 0.6) is 0 Å². The second-order valence-corrected chi connectivity index (χ2v) is 9.56.